The highest BCUT2D eigenvalue weighted by molar-refractivity contribution is 6.30. The molecule has 0 aliphatic carbocycles. The van der Waals surface area contributed by atoms with Gasteiger partial charge in [0.1, 0.15) is 18.0 Å². The van der Waals surface area contributed by atoms with Gasteiger partial charge in [-0.1, -0.05) is 41.9 Å². The van der Waals surface area contributed by atoms with Crippen LogP contribution in [0.15, 0.2) is 79.1 Å². The molecule has 2 heterocycles. The van der Waals surface area contributed by atoms with Gasteiger partial charge in [-0.15, -0.1) is 0 Å². The summed E-state index contributed by atoms with van der Waals surface area (Å²) in [5.41, 5.74) is 1.25. The van der Waals surface area contributed by atoms with Crippen molar-refractivity contribution in [2.45, 2.75) is 37.8 Å². The van der Waals surface area contributed by atoms with Gasteiger partial charge >= 0.3 is 0 Å². The quantitative estimate of drug-likeness (QED) is 0.353. The molecule has 0 bridgehead atoms. The summed E-state index contributed by atoms with van der Waals surface area (Å²) in [6, 6.07) is 20.9. The lowest BCUT2D eigenvalue weighted by atomic mass is 9.96. The van der Waals surface area contributed by atoms with Gasteiger partial charge in [-0.2, -0.15) is 0 Å². The number of nitrogens with zero attached hydrogens (tertiary/aromatic N) is 3. The fourth-order valence-corrected chi connectivity index (χ4v) is 4.68. The molecule has 1 saturated heterocycles. The van der Waals surface area contributed by atoms with Gasteiger partial charge in [0.05, 0.1) is 19.6 Å². The zero-order valence-electron chi connectivity index (χ0n) is 21.7. The lowest BCUT2D eigenvalue weighted by Crippen LogP contribution is -2.58. The van der Waals surface area contributed by atoms with Gasteiger partial charge in [0.2, 0.25) is 11.8 Å². The highest BCUT2D eigenvalue weighted by Gasteiger charge is 2.42. The Hall–Kier alpha value is -3.42. The van der Waals surface area contributed by atoms with Crippen molar-refractivity contribution in [3.8, 4) is 5.75 Å². The molecule has 1 fully saturated rings. The van der Waals surface area contributed by atoms with Crippen LogP contribution in [0.5, 0.6) is 5.75 Å². The summed E-state index contributed by atoms with van der Waals surface area (Å²) < 4.78 is 12.3. The first-order valence-corrected chi connectivity index (χ1v) is 13.3. The molecule has 0 N–H and O–H groups in total. The normalized spacial score (nSPS) is 17.2. The van der Waals surface area contributed by atoms with Crippen LogP contribution in [-0.2, 0) is 27.3 Å². The number of hydrogen-bond donors (Lipinski definition) is 0. The van der Waals surface area contributed by atoms with Gasteiger partial charge < -0.3 is 19.3 Å². The molecule has 1 atom stereocenters. The molecule has 0 unspecified atom stereocenters. The minimum atomic E-state index is -0.958. The monoisotopic (exact) mass is 535 g/mol. The van der Waals surface area contributed by atoms with E-state index in [1.54, 1.807) is 48.6 Å². The van der Waals surface area contributed by atoms with Crippen LogP contribution in [0.1, 0.15) is 30.4 Å². The smallest absolute Gasteiger partial charge is 0.225 e. The minimum Gasteiger partial charge on any atom is -0.490 e. The fraction of sp³-hybridized carbons (Fsp3) is 0.367. The second-order valence-corrected chi connectivity index (χ2v) is 10.1. The Bertz CT molecular complexity index is 1180. The standard InChI is InChI=1S/C30H34ClN3O4/c1-33(21-25-6-3-2-4-7-25)29(36)20-30(23-37-27-12-10-26(31)11-13-27)22-34(18-19-38-30)28(35)9-5-8-24-14-16-32-17-15-24/h2-4,6-7,10-17H,5,8-9,18-23H2,1H3/t30-/m0/s1. The van der Waals surface area contributed by atoms with E-state index in [1.165, 1.54) is 0 Å². The number of halogens is 1. The highest BCUT2D eigenvalue weighted by atomic mass is 35.5. The minimum absolute atomic E-state index is 0.0586. The molecule has 200 valence electrons. The van der Waals surface area contributed by atoms with Gasteiger partial charge in [-0.3, -0.25) is 14.6 Å². The third-order valence-electron chi connectivity index (χ3n) is 6.68. The third kappa shape index (κ3) is 8.04. The number of benzene rings is 2. The zero-order chi connectivity index (χ0) is 26.8. The summed E-state index contributed by atoms with van der Waals surface area (Å²) in [6.45, 7) is 1.76. The van der Waals surface area contributed by atoms with Crippen LogP contribution in [0.4, 0.5) is 0 Å². The average Bonchev–Trinajstić information content (AvgIpc) is 2.94. The fourth-order valence-electron chi connectivity index (χ4n) is 4.56. The Balaban J connectivity index is 1.42. The van der Waals surface area contributed by atoms with Crippen LogP contribution in [0.3, 0.4) is 0 Å². The topological polar surface area (TPSA) is 72.0 Å². The summed E-state index contributed by atoms with van der Waals surface area (Å²) in [7, 11) is 1.79. The first kappa shape index (κ1) is 27.6. The maximum Gasteiger partial charge on any atom is 0.225 e. The molecule has 3 aromatic rings. The van der Waals surface area contributed by atoms with Crippen molar-refractivity contribution in [2.24, 2.45) is 0 Å². The maximum atomic E-state index is 13.3. The second-order valence-electron chi connectivity index (χ2n) is 9.71. The average molecular weight is 536 g/mol. The van der Waals surface area contributed by atoms with E-state index in [0.717, 1.165) is 24.0 Å². The number of hydrogen-bond acceptors (Lipinski definition) is 5. The molecule has 38 heavy (non-hydrogen) atoms. The van der Waals surface area contributed by atoms with Crippen molar-refractivity contribution in [1.29, 1.82) is 0 Å². The molecule has 7 nitrogen and oxygen atoms in total. The largest absolute Gasteiger partial charge is 0.490 e. The van der Waals surface area contributed by atoms with Crippen molar-refractivity contribution in [3.63, 3.8) is 0 Å². The summed E-state index contributed by atoms with van der Waals surface area (Å²) in [5.74, 6) is 0.618. The molecule has 0 spiro atoms. The van der Waals surface area contributed by atoms with Crippen LogP contribution in [0.2, 0.25) is 5.02 Å². The van der Waals surface area contributed by atoms with Crippen molar-refractivity contribution in [3.05, 3.63) is 95.3 Å². The highest BCUT2D eigenvalue weighted by Crippen LogP contribution is 2.27. The van der Waals surface area contributed by atoms with Crippen LogP contribution >= 0.6 is 11.6 Å². The predicted octanol–water partition coefficient (Wildman–Crippen LogP) is 4.78. The van der Waals surface area contributed by atoms with E-state index in [0.29, 0.717) is 43.4 Å². The van der Waals surface area contributed by atoms with E-state index in [4.69, 9.17) is 21.1 Å². The zero-order valence-corrected chi connectivity index (χ0v) is 22.5. The van der Waals surface area contributed by atoms with Crippen molar-refractivity contribution >= 4 is 23.4 Å². The number of pyridine rings is 1. The molecule has 1 aliphatic heterocycles. The lowest BCUT2D eigenvalue weighted by molar-refractivity contribution is -0.165. The molecule has 8 heteroatoms. The number of aryl methyl sites for hydroxylation is 1. The van der Waals surface area contributed by atoms with Crippen LogP contribution < -0.4 is 4.74 Å². The Kier molecular flexibility index (Phi) is 9.73. The first-order chi connectivity index (χ1) is 18.4. The van der Waals surface area contributed by atoms with E-state index in [1.807, 2.05) is 47.4 Å². The SMILES string of the molecule is CN(Cc1ccccc1)C(=O)C[C@@]1(COc2ccc(Cl)cc2)CN(C(=O)CCCc2ccncc2)CCO1. The third-order valence-corrected chi connectivity index (χ3v) is 6.94. The van der Waals surface area contributed by atoms with Crippen molar-refractivity contribution in [2.75, 3.05) is 33.4 Å². The molecule has 2 aromatic carbocycles. The Morgan fingerprint density at radius 1 is 1.05 bits per heavy atom. The van der Waals surface area contributed by atoms with Crippen molar-refractivity contribution in [1.82, 2.24) is 14.8 Å². The van der Waals surface area contributed by atoms with Crippen molar-refractivity contribution < 1.29 is 19.1 Å². The number of morpholine rings is 1. The molecule has 4 rings (SSSR count). The molecule has 0 radical (unpaired) electrons. The number of carbonyl (C=O) groups is 2. The molecule has 1 aliphatic rings. The summed E-state index contributed by atoms with van der Waals surface area (Å²) >= 11 is 6.02. The molecule has 0 saturated carbocycles. The summed E-state index contributed by atoms with van der Waals surface area (Å²) in [5, 5.41) is 0.613. The predicted molar refractivity (Wildman–Crippen MR) is 147 cm³/mol. The molecular formula is C30H34ClN3O4. The van der Waals surface area contributed by atoms with Gasteiger partial charge in [-0.05, 0) is 60.4 Å². The van der Waals surface area contributed by atoms with Gasteiger partial charge in [0.15, 0.2) is 0 Å². The Morgan fingerprint density at radius 2 is 1.79 bits per heavy atom. The summed E-state index contributed by atoms with van der Waals surface area (Å²) in [6.07, 6.45) is 5.61. The second kappa shape index (κ2) is 13.4. The van der Waals surface area contributed by atoms with Crippen LogP contribution in [-0.4, -0.2) is 65.6 Å². The van der Waals surface area contributed by atoms with Gasteiger partial charge in [-0.25, -0.2) is 0 Å². The van der Waals surface area contributed by atoms with E-state index >= 15 is 0 Å². The van der Waals surface area contributed by atoms with E-state index < -0.39 is 5.60 Å². The van der Waals surface area contributed by atoms with E-state index in [2.05, 4.69) is 4.98 Å². The van der Waals surface area contributed by atoms with Crippen LogP contribution in [0.25, 0.3) is 0 Å². The number of rotatable bonds is 11. The Morgan fingerprint density at radius 3 is 2.53 bits per heavy atom. The van der Waals surface area contributed by atoms with Gasteiger partial charge in [0.25, 0.3) is 0 Å². The first-order valence-electron chi connectivity index (χ1n) is 12.9. The van der Waals surface area contributed by atoms with Gasteiger partial charge in [0, 0.05) is 44.0 Å². The van der Waals surface area contributed by atoms with Crippen LogP contribution in [0, 0.1) is 0 Å². The molecular weight excluding hydrogens is 502 g/mol. The number of aromatic nitrogens is 1. The lowest BCUT2D eigenvalue weighted by Gasteiger charge is -2.42. The molecule has 1 aromatic heterocycles. The molecule has 2 amide bonds. The Labute approximate surface area is 229 Å². The number of ether oxygens (including phenoxy) is 2. The van der Waals surface area contributed by atoms with E-state index in [-0.39, 0.29) is 24.8 Å². The number of amides is 2. The number of carbonyl (C=O) groups excluding carboxylic acids is 2. The summed E-state index contributed by atoms with van der Waals surface area (Å²) in [4.78, 5) is 34.0. The van der Waals surface area contributed by atoms with E-state index in [9.17, 15) is 9.59 Å². The maximum absolute atomic E-state index is 13.3.